The molecule has 19 heavy (non-hydrogen) atoms. The van der Waals surface area contributed by atoms with Crippen molar-refractivity contribution in [1.82, 2.24) is 9.55 Å². The summed E-state index contributed by atoms with van der Waals surface area (Å²) in [5.74, 6) is 1.72. The number of para-hydroxylation sites is 1. The molecular formula is C14H19N3O2. The Morgan fingerprint density at radius 3 is 2.84 bits per heavy atom. The smallest absolute Gasteiger partial charge is 0.202 e. The van der Waals surface area contributed by atoms with Crippen LogP contribution in [0.4, 0.5) is 5.95 Å². The lowest BCUT2D eigenvalue weighted by Gasteiger charge is -2.10. The standard InChI is InChI=1S/C14H19N3O2/c1-18-12-10-17-9-7-15-14(17)16-8-11-19-13-5-3-2-4-6-13/h2-7,9H,8,10-12H2,1H3,(H,15,16). The number of benzene rings is 1. The van der Waals surface area contributed by atoms with Crippen molar-refractivity contribution in [3.05, 3.63) is 42.7 Å². The van der Waals surface area contributed by atoms with E-state index in [-0.39, 0.29) is 0 Å². The van der Waals surface area contributed by atoms with Crippen molar-refractivity contribution in [2.45, 2.75) is 6.54 Å². The molecule has 102 valence electrons. The zero-order valence-corrected chi connectivity index (χ0v) is 11.1. The normalized spacial score (nSPS) is 10.4. The van der Waals surface area contributed by atoms with Gasteiger partial charge in [0.2, 0.25) is 5.95 Å². The van der Waals surface area contributed by atoms with E-state index in [2.05, 4.69) is 10.3 Å². The molecule has 2 aromatic rings. The van der Waals surface area contributed by atoms with Gasteiger partial charge in [-0.3, -0.25) is 0 Å². The van der Waals surface area contributed by atoms with Gasteiger partial charge in [-0.25, -0.2) is 4.98 Å². The van der Waals surface area contributed by atoms with Crippen molar-refractivity contribution in [1.29, 1.82) is 0 Å². The van der Waals surface area contributed by atoms with Crippen LogP contribution in [0.25, 0.3) is 0 Å². The number of methoxy groups -OCH3 is 1. The highest BCUT2D eigenvalue weighted by atomic mass is 16.5. The quantitative estimate of drug-likeness (QED) is 0.739. The van der Waals surface area contributed by atoms with Crippen molar-refractivity contribution >= 4 is 5.95 Å². The molecule has 0 unspecified atom stereocenters. The largest absolute Gasteiger partial charge is 0.492 e. The maximum atomic E-state index is 5.60. The number of hydrogen-bond acceptors (Lipinski definition) is 4. The topological polar surface area (TPSA) is 48.3 Å². The molecule has 0 aliphatic rings. The summed E-state index contributed by atoms with van der Waals surface area (Å²) in [7, 11) is 1.69. The molecule has 0 amide bonds. The highest BCUT2D eigenvalue weighted by Gasteiger charge is 2.01. The van der Waals surface area contributed by atoms with Gasteiger partial charge in [-0.2, -0.15) is 0 Å². The number of rotatable bonds is 8. The molecule has 2 rings (SSSR count). The number of aromatic nitrogens is 2. The average Bonchev–Trinajstić information content (AvgIpc) is 2.90. The second-order valence-corrected chi connectivity index (χ2v) is 4.03. The molecule has 0 saturated heterocycles. The molecule has 1 aromatic carbocycles. The maximum Gasteiger partial charge on any atom is 0.202 e. The van der Waals surface area contributed by atoms with Gasteiger partial charge in [0, 0.05) is 26.0 Å². The lowest BCUT2D eigenvalue weighted by Crippen LogP contribution is -2.15. The van der Waals surface area contributed by atoms with Crippen LogP contribution in [0, 0.1) is 0 Å². The fourth-order valence-electron chi connectivity index (χ4n) is 1.69. The lowest BCUT2D eigenvalue weighted by atomic mass is 10.3. The first kappa shape index (κ1) is 13.4. The van der Waals surface area contributed by atoms with Gasteiger partial charge < -0.3 is 19.4 Å². The number of hydrogen-bond donors (Lipinski definition) is 1. The SMILES string of the molecule is COCCn1ccnc1NCCOc1ccccc1. The molecular weight excluding hydrogens is 242 g/mol. The van der Waals surface area contributed by atoms with Gasteiger partial charge in [0.15, 0.2) is 0 Å². The maximum absolute atomic E-state index is 5.60. The molecule has 1 N–H and O–H groups in total. The van der Waals surface area contributed by atoms with Crippen LogP contribution in [-0.2, 0) is 11.3 Å². The van der Waals surface area contributed by atoms with Gasteiger partial charge in [0.25, 0.3) is 0 Å². The molecule has 1 heterocycles. The molecule has 0 saturated carbocycles. The summed E-state index contributed by atoms with van der Waals surface area (Å²) in [6, 6.07) is 9.78. The summed E-state index contributed by atoms with van der Waals surface area (Å²) in [5.41, 5.74) is 0. The van der Waals surface area contributed by atoms with Gasteiger partial charge >= 0.3 is 0 Å². The van der Waals surface area contributed by atoms with Crippen molar-refractivity contribution in [2.24, 2.45) is 0 Å². The third-order valence-electron chi connectivity index (χ3n) is 2.65. The van der Waals surface area contributed by atoms with Crippen LogP contribution in [0.1, 0.15) is 0 Å². The lowest BCUT2D eigenvalue weighted by molar-refractivity contribution is 0.187. The molecule has 1 aromatic heterocycles. The van der Waals surface area contributed by atoms with Crippen molar-refractivity contribution in [2.75, 3.05) is 32.2 Å². The van der Waals surface area contributed by atoms with E-state index in [1.165, 1.54) is 0 Å². The molecule has 0 fully saturated rings. The molecule has 0 radical (unpaired) electrons. The highest BCUT2D eigenvalue weighted by molar-refractivity contribution is 5.26. The molecule has 0 aliphatic carbocycles. The average molecular weight is 261 g/mol. The van der Waals surface area contributed by atoms with E-state index in [4.69, 9.17) is 9.47 Å². The third-order valence-corrected chi connectivity index (χ3v) is 2.65. The van der Waals surface area contributed by atoms with E-state index in [0.717, 1.165) is 18.2 Å². The minimum Gasteiger partial charge on any atom is -0.492 e. The Kier molecular flexibility index (Phi) is 5.25. The third kappa shape index (κ3) is 4.30. The minimum atomic E-state index is 0.598. The fraction of sp³-hybridized carbons (Fsp3) is 0.357. The Morgan fingerprint density at radius 2 is 2.05 bits per heavy atom. The van der Waals surface area contributed by atoms with E-state index < -0.39 is 0 Å². The fourth-order valence-corrected chi connectivity index (χ4v) is 1.69. The van der Waals surface area contributed by atoms with Gasteiger partial charge in [0.1, 0.15) is 12.4 Å². The van der Waals surface area contributed by atoms with Crippen molar-refractivity contribution in [3.8, 4) is 5.75 Å². The van der Waals surface area contributed by atoms with E-state index in [0.29, 0.717) is 19.8 Å². The first-order valence-corrected chi connectivity index (χ1v) is 6.32. The van der Waals surface area contributed by atoms with Crippen LogP contribution in [0.3, 0.4) is 0 Å². The highest BCUT2D eigenvalue weighted by Crippen LogP contribution is 2.08. The Morgan fingerprint density at radius 1 is 1.21 bits per heavy atom. The minimum absolute atomic E-state index is 0.598. The van der Waals surface area contributed by atoms with Gasteiger partial charge in [-0.15, -0.1) is 0 Å². The number of imidazole rings is 1. The van der Waals surface area contributed by atoms with Crippen LogP contribution < -0.4 is 10.1 Å². The van der Waals surface area contributed by atoms with Crippen LogP contribution >= 0.6 is 0 Å². The van der Waals surface area contributed by atoms with Crippen molar-refractivity contribution in [3.63, 3.8) is 0 Å². The number of ether oxygens (including phenoxy) is 2. The number of nitrogens with zero attached hydrogens (tertiary/aromatic N) is 2. The van der Waals surface area contributed by atoms with Gasteiger partial charge in [-0.1, -0.05) is 18.2 Å². The summed E-state index contributed by atoms with van der Waals surface area (Å²) < 4.78 is 12.7. The summed E-state index contributed by atoms with van der Waals surface area (Å²) in [4.78, 5) is 4.25. The Labute approximate surface area is 113 Å². The summed E-state index contributed by atoms with van der Waals surface area (Å²) in [6.07, 6.45) is 3.70. The van der Waals surface area contributed by atoms with Crippen molar-refractivity contribution < 1.29 is 9.47 Å². The van der Waals surface area contributed by atoms with Gasteiger partial charge in [0.05, 0.1) is 13.2 Å². The second-order valence-electron chi connectivity index (χ2n) is 4.03. The molecule has 0 aliphatic heterocycles. The Bertz CT molecular complexity index is 471. The molecule has 0 spiro atoms. The number of anilines is 1. The van der Waals surface area contributed by atoms with Crippen LogP contribution in [-0.4, -0.2) is 36.4 Å². The van der Waals surface area contributed by atoms with Crippen LogP contribution in [0.5, 0.6) is 5.75 Å². The number of nitrogens with one attached hydrogen (secondary N) is 1. The van der Waals surface area contributed by atoms with E-state index >= 15 is 0 Å². The zero-order valence-electron chi connectivity index (χ0n) is 11.1. The first-order valence-electron chi connectivity index (χ1n) is 6.32. The summed E-state index contributed by atoms with van der Waals surface area (Å²) in [6.45, 7) is 2.77. The second kappa shape index (κ2) is 7.43. The van der Waals surface area contributed by atoms with E-state index in [1.807, 2.05) is 41.1 Å². The van der Waals surface area contributed by atoms with Crippen LogP contribution in [0.15, 0.2) is 42.7 Å². The Hall–Kier alpha value is -2.01. The molecule has 0 atom stereocenters. The summed E-state index contributed by atoms with van der Waals surface area (Å²) >= 11 is 0. The predicted octanol–water partition coefficient (Wildman–Crippen LogP) is 2.02. The molecule has 5 nitrogen and oxygen atoms in total. The molecule has 0 bridgehead atoms. The first-order chi connectivity index (χ1) is 9.40. The van der Waals surface area contributed by atoms with E-state index in [1.54, 1.807) is 13.3 Å². The molecule has 5 heteroatoms. The monoisotopic (exact) mass is 261 g/mol. The Balaban J connectivity index is 1.72. The van der Waals surface area contributed by atoms with Crippen LogP contribution in [0.2, 0.25) is 0 Å². The van der Waals surface area contributed by atoms with E-state index in [9.17, 15) is 0 Å². The zero-order chi connectivity index (χ0) is 13.3. The summed E-state index contributed by atoms with van der Waals surface area (Å²) in [5, 5.41) is 3.24. The predicted molar refractivity (Wildman–Crippen MR) is 74.5 cm³/mol. The van der Waals surface area contributed by atoms with Gasteiger partial charge in [-0.05, 0) is 12.1 Å².